The van der Waals surface area contributed by atoms with Gasteiger partial charge in [0.15, 0.2) is 0 Å². The van der Waals surface area contributed by atoms with Crippen LogP contribution in [0.5, 0.6) is 0 Å². The molecule has 11 heavy (non-hydrogen) atoms. The van der Waals surface area contributed by atoms with Crippen molar-refractivity contribution in [3.05, 3.63) is 24.5 Å². The van der Waals surface area contributed by atoms with Crippen LogP contribution in [0, 0.1) is 5.92 Å². The maximum Gasteiger partial charge on any atom is 0.308 e. The second-order valence-electron chi connectivity index (χ2n) is 2.88. The number of nitrogens with zero attached hydrogens (tertiary/aromatic N) is 1. The molecule has 1 saturated carbocycles. The molecule has 1 aromatic heterocycles. The first-order valence-corrected chi connectivity index (χ1v) is 3.64. The summed E-state index contributed by atoms with van der Waals surface area (Å²) in [6.45, 7) is 0. The molecule has 1 fully saturated rings. The van der Waals surface area contributed by atoms with Gasteiger partial charge in [0, 0.05) is 18.4 Å². The monoisotopic (exact) mass is 151 g/mol. The van der Waals surface area contributed by atoms with Gasteiger partial charge in [-0.25, -0.2) is 0 Å². The molecule has 2 rings (SSSR count). The second kappa shape index (κ2) is 2.12. The minimum absolute atomic E-state index is 0.151. The van der Waals surface area contributed by atoms with Crippen LogP contribution in [0.4, 0.5) is 0 Å². The summed E-state index contributed by atoms with van der Waals surface area (Å²) in [6.07, 6.45) is 4.60. The number of rotatable bonds is 2. The molecule has 0 aromatic carbocycles. The molecule has 2 atom stereocenters. The van der Waals surface area contributed by atoms with Crippen LogP contribution < -0.4 is 0 Å². The molecule has 1 aliphatic carbocycles. The summed E-state index contributed by atoms with van der Waals surface area (Å²) in [5, 5.41) is 8.61. The summed E-state index contributed by atoms with van der Waals surface area (Å²) in [4.78, 5) is 10.5. The van der Waals surface area contributed by atoms with Crippen molar-refractivity contribution in [2.45, 2.75) is 12.5 Å². The molecule has 2 unspecified atom stereocenters. The minimum Gasteiger partial charge on any atom is -0.481 e. The van der Waals surface area contributed by atoms with Crippen LogP contribution in [0.2, 0.25) is 0 Å². The predicted molar refractivity (Wildman–Crippen MR) is 39.2 cm³/mol. The van der Waals surface area contributed by atoms with E-state index in [1.165, 1.54) is 0 Å². The highest BCUT2D eigenvalue weighted by atomic mass is 16.4. The quantitative estimate of drug-likeness (QED) is 0.688. The van der Waals surface area contributed by atoms with E-state index in [4.69, 9.17) is 5.11 Å². The van der Waals surface area contributed by atoms with E-state index < -0.39 is 5.97 Å². The van der Waals surface area contributed by atoms with Gasteiger partial charge in [-0.05, 0) is 18.6 Å². The molecule has 58 valence electrons. The van der Waals surface area contributed by atoms with Gasteiger partial charge in [0.05, 0.1) is 5.92 Å². The molecule has 1 N–H and O–H groups in total. The summed E-state index contributed by atoms with van der Waals surface area (Å²) in [5.41, 5.74) is 0. The molecule has 1 aliphatic rings. The molecular formula is C8H9NO2. The Hall–Kier alpha value is -1.25. The number of aliphatic carboxylic acids is 1. The molecule has 0 radical (unpaired) electrons. The fourth-order valence-electron chi connectivity index (χ4n) is 1.35. The Morgan fingerprint density at radius 1 is 1.45 bits per heavy atom. The van der Waals surface area contributed by atoms with Gasteiger partial charge < -0.3 is 9.67 Å². The van der Waals surface area contributed by atoms with Crippen LogP contribution in [0.25, 0.3) is 0 Å². The van der Waals surface area contributed by atoms with Gasteiger partial charge in [-0.3, -0.25) is 4.79 Å². The molecule has 3 nitrogen and oxygen atoms in total. The second-order valence-corrected chi connectivity index (χ2v) is 2.88. The maximum absolute atomic E-state index is 10.5. The Balaban J connectivity index is 2.08. The Labute approximate surface area is 64.3 Å². The van der Waals surface area contributed by atoms with E-state index in [1.54, 1.807) is 0 Å². The fourth-order valence-corrected chi connectivity index (χ4v) is 1.35. The summed E-state index contributed by atoms with van der Waals surface area (Å²) in [5.74, 6) is -0.828. The lowest BCUT2D eigenvalue weighted by Gasteiger charge is -1.96. The zero-order valence-electron chi connectivity index (χ0n) is 5.97. The van der Waals surface area contributed by atoms with Crippen LogP contribution in [0.15, 0.2) is 24.5 Å². The SMILES string of the molecule is O=C(O)C1CC1n1cccc1. The van der Waals surface area contributed by atoms with E-state index >= 15 is 0 Å². The largest absolute Gasteiger partial charge is 0.481 e. The molecule has 3 heteroatoms. The Kier molecular flexibility index (Phi) is 1.24. The van der Waals surface area contributed by atoms with Crippen molar-refractivity contribution in [3.63, 3.8) is 0 Å². The third-order valence-electron chi connectivity index (χ3n) is 2.08. The van der Waals surface area contributed by atoms with Gasteiger partial charge in [-0.1, -0.05) is 0 Å². The Morgan fingerprint density at radius 3 is 2.55 bits per heavy atom. The summed E-state index contributed by atoms with van der Waals surface area (Å²) >= 11 is 0. The highest BCUT2D eigenvalue weighted by Crippen LogP contribution is 2.43. The van der Waals surface area contributed by atoms with Crippen molar-refractivity contribution in [2.75, 3.05) is 0 Å². The fraction of sp³-hybridized carbons (Fsp3) is 0.375. The van der Waals surface area contributed by atoms with E-state index in [9.17, 15) is 4.79 Å². The number of hydrogen-bond donors (Lipinski definition) is 1. The molecule has 1 aromatic rings. The predicted octanol–water partition coefficient (Wildman–Crippen LogP) is 1.13. The van der Waals surface area contributed by atoms with Gasteiger partial charge in [0.2, 0.25) is 0 Å². The van der Waals surface area contributed by atoms with Crippen LogP contribution in [-0.4, -0.2) is 15.6 Å². The standard InChI is InChI=1S/C8H9NO2/c10-8(11)6-5-7(6)9-3-1-2-4-9/h1-4,6-7H,5H2,(H,10,11). The molecule has 0 bridgehead atoms. The minimum atomic E-state index is -0.677. The smallest absolute Gasteiger partial charge is 0.308 e. The third kappa shape index (κ3) is 1.02. The highest BCUT2D eigenvalue weighted by Gasteiger charge is 2.44. The van der Waals surface area contributed by atoms with Crippen molar-refractivity contribution in [3.8, 4) is 0 Å². The number of carboxylic acids is 1. The molecule has 0 aliphatic heterocycles. The normalized spacial score (nSPS) is 28.4. The molecule has 0 spiro atoms. The first kappa shape index (κ1) is 6.46. The summed E-state index contributed by atoms with van der Waals surface area (Å²) in [7, 11) is 0. The zero-order valence-corrected chi connectivity index (χ0v) is 5.97. The lowest BCUT2D eigenvalue weighted by Crippen LogP contribution is -2.01. The summed E-state index contributed by atoms with van der Waals surface area (Å²) < 4.78 is 1.96. The first-order chi connectivity index (χ1) is 5.29. The number of hydrogen-bond acceptors (Lipinski definition) is 1. The lowest BCUT2D eigenvalue weighted by molar-refractivity contribution is -0.138. The van der Waals surface area contributed by atoms with E-state index in [0.717, 1.165) is 6.42 Å². The number of carbonyl (C=O) groups is 1. The highest BCUT2D eigenvalue weighted by molar-refractivity contribution is 5.73. The molecule has 0 amide bonds. The van der Waals surface area contributed by atoms with Gasteiger partial charge in [-0.2, -0.15) is 0 Å². The van der Waals surface area contributed by atoms with Gasteiger partial charge in [0.1, 0.15) is 0 Å². The van der Waals surface area contributed by atoms with E-state index in [0.29, 0.717) is 0 Å². The maximum atomic E-state index is 10.5. The zero-order chi connectivity index (χ0) is 7.84. The van der Waals surface area contributed by atoms with Crippen LogP contribution >= 0.6 is 0 Å². The van der Waals surface area contributed by atoms with Crippen LogP contribution in [-0.2, 0) is 4.79 Å². The van der Waals surface area contributed by atoms with Crippen LogP contribution in [0.3, 0.4) is 0 Å². The van der Waals surface area contributed by atoms with E-state index in [-0.39, 0.29) is 12.0 Å². The molecule has 1 heterocycles. The van der Waals surface area contributed by atoms with Crippen molar-refractivity contribution < 1.29 is 9.90 Å². The topological polar surface area (TPSA) is 42.2 Å². The van der Waals surface area contributed by atoms with Gasteiger partial charge in [0.25, 0.3) is 0 Å². The summed E-state index contributed by atoms with van der Waals surface area (Å²) in [6, 6.07) is 4.04. The number of carboxylic acid groups (broad SMARTS) is 1. The first-order valence-electron chi connectivity index (χ1n) is 3.64. The van der Waals surface area contributed by atoms with Crippen LogP contribution in [0.1, 0.15) is 12.5 Å². The van der Waals surface area contributed by atoms with Gasteiger partial charge in [-0.15, -0.1) is 0 Å². The third-order valence-corrected chi connectivity index (χ3v) is 2.08. The van der Waals surface area contributed by atoms with Crippen molar-refractivity contribution >= 4 is 5.97 Å². The molecular weight excluding hydrogens is 142 g/mol. The average Bonchev–Trinajstić information content (AvgIpc) is 2.60. The Morgan fingerprint density at radius 2 is 2.09 bits per heavy atom. The van der Waals surface area contributed by atoms with Crippen molar-refractivity contribution in [1.29, 1.82) is 0 Å². The average molecular weight is 151 g/mol. The van der Waals surface area contributed by atoms with E-state index in [1.807, 2.05) is 29.1 Å². The van der Waals surface area contributed by atoms with Gasteiger partial charge >= 0.3 is 5.97 Å². The van der Waals surface area contributed by atoms with Crippen molar-refractivity contribution in [2.24, 2.45) is 5.92 Å². The van der Waals surface area contributed by atoms with Crippen molar-refractivity contribution in [1.82, 2.24) is 4.57 Å². The molecule has 0 saturated heterocycles. The van der Waals surface area contributed by atoms with E-state index in [2.05, 4.69) is 0 Å². The number of aromatic nitrogens is 1. The Bertz CT molecular complexity index is 266. The lowest BCUT2D eigenvalue weighted by atomic mass is 10.4.